The molecule has 1 aliphatic carbocycles. The molecule has 21 heavy (non-hydrogen) atoms. The molecular formula is C15H24N2O3S. The predicted molar refractivity (Wildman–Crippen MR) is 80.2 cm³/mol. The highest BCUT2D eigenvalue weighted by molar-refractivity contribution is 7.91. The highest BCUT2D eigenvalue weighted by Gasteiger charge is 2.35. The summed E-state index contributed by atoms with van der Waals surface area (Å²) in [5, 5.41) is 0.253. The van der Waals surface area contributed by atoms with Crippen molar-refractivity contribution in [2.45, 2.75) is 69.2 Å². The second-order valence-corrected chi connectivity index (χ2v) is 8.42. The van der Waals surface area contributed by atoms with Crippen molar-refractivity contribution in [3.8, 4) is 0 Å². The lowest BCUT2D eigenvalue weighted by Crippen LogP contribution is -2.29. The average Bonchev–Trinajstić information content (AvgIpc) is 3.16. The summed E-state index contributed by atoms with van der Waals surface area (Å²) in [7, 11) is -3.38. The van der Waals surface area contributed by atoms with Gasteiger partial charge >= 0.3 is 0 Å². The van der Waals surface area contributed by atoms with Crippen LogP contribution in [0, 0.1) is 0 Å². The minimum atomic E-state index is -3.38. The Balaban J connectivity index is 1.87. The number of nitrogens with zero attached hydrogens (tertiary/aromatic N) is 2. The molecule has 1 aromatic rings. The summed E-state index contributed by atoms with van der Waals surface area (Å²) in [6.07, 6.45) is 6.59. The first-order valence-corrected chi connectivity index (χ1v) is 9.56. The second kappa shape index (κ2) is 5.72. The second-order valence-electron chi connectivity index (χ2n) is 6.49. The molecule has 0 amide bonds. The zero-order chi connectivity index (χ0) is 15.0. The molecule has 118 valence electrons. The molecule has 1 aliphatic heterocycles. The van der Waals surface area contributed by atoms with E-state index in [0.29, 0.717) is 12.6 Å². The van der Waals surface area contributed by atoms with Gasteiger partial charge < -0.3 is 9.30 Å². The maximum Gasteiger partial charge on any atom is 0.228 e. The fourth-order valence-corrected chi connectivity index (χ4v) is 4.64. The molecule has 0 aromatic carbocycles. The first-order valence-electron chi connectivity index (χ1n) is 7.90. The summed E-state index contributed by atoms with van der Waals surface area (Å²) in [4.78, 5) is 4.26. The quantitative estimate of drug-likeness (QED) is 0.838. The molecule has 0 N–H and O–H groups in total. The molecule has 1 saturated carbocycles. The van der Waals surface area contributed by atoms with Gasteiger partial charge in [0, 0.05) is 24.5 Å². The van der Waals surface area contributed by atoms with Gasteiger partial charge in [0.2, 0.25) is 15.0 Å². The van der Waals surface area contributed by atoms with E-state index >= 15 is 0 Å². The molecule has 0 radical (unpaired) electrons. The molecule has 5 nitrogen and oxygen atoms in total. The average molecular weight is 312 g/mol. The maximum atomic E-state index is 12.7. The van der Waals surface area contributed by atoms with Gasteiger partial charge in [-0.2, -0.15) is 0 Å². The molecule has 1 saturated heterocycles. The molecule has 0 unspecified atom stereocenters. The van der Waals surface area contributed by atoms with E-state index in [1.54, 1.807) is 6.20 Å². The third-order valence-electron chi connectivity index (χ3n) is 4.25. The molecule has 2 fully saturated rings. The van der Waals surface area contributed by atoms with Crippen molar-refractivity contribution in [3.05, 3.63) is 11.9 Å². The van der Waals surface area contributed by atoms with Crippen LogP contribution in [0.15, 0.2) is 11.4 Å². The highest BCUT2D eigenvalue weighted by atomic mass is 32.2. The lowest BCUT2D eigenvalue weighted by molar-refractivity contribution is 0.0304. The molecular weight excluding hydrogens is 288 g/mol. The fourth-order valence-electron chi connectivity index (χ4n) is 2.97. The number of ether oxygens (including phenoxy) is 1. The number of aromatic nitrogens is 2. The lowest BCUT2D eigenvalue weighted by atomic mass is 10.1. The van der Waals surface area contributed by atoms with E-state index in [1.165, 1.54) is 0 Å². The Hall–Kier alpha value is -0.880. The van der Waals surface area contributed by atoms with E-state index in [-0.39, 0.29) is 22.9 Å². The molecule has 1 atom stereocenters. The summed E-state index contributed by atoms with van der Waals surface area (Å²) >= 11 is 0. The zero-order valence-electron chi connectivity index (χ0n) is 12.8. The molecule has 0 bridgehead atoms. The van der Waals surface area contributed by atoms with Crippen molar-refractivity contribution in [2.24, 2.45) is 0 Å². The van der Waals surface area contributed by atoms with Crippen molar-refractivity contribution in [2.75, 3.05) is 12.4 Å². The number of sulfone groups is 1. The van der Waals surface area contributed by atoms with Gasteiger partial charge in [-0.25, -0.2) is 13.4 Å². The number of imidazole rings is 1. The topological polar surface area (TPSA) is 61.2 Å². The van der Waals surface area contributed by atoms with Crippen molar-refractivity contribution >= 4 is 9.84 Å². The molecule has 6 heteroatoms. The Morgan fingerprint density at radius 1 is 1.33 bits per heavy atom. The highest BCUT2D eigenvalue weighted by Crippen LogP contribution is 2.40. The van der Waals surface area contributed by atoms with Gasteiger partial charge in [0.05, 0.1) is 11.9 Å². The lowest BCUT2D eigenvalue weighted by Gasteiger charge is -2.22. The number of hydrogen-bond donors (Lipinski definition) is 0. The number of rotatable bonds is 5. The van der Waals surface area contributed by atoms with Gasteiger partial charge in [0.15, 0.2) is 0 Å². The van der Waals surface area contributed by atoms with Gasteiger partial charge in [-0.15, -0.1) is 0 Å². The smallest absolute Gasteiger partial charge is 0.228 e. The van der Waals surface area contributed by atoms with Crippen LogP contribution in [-0.2, 0) is 14.6 Å². The van der Waals surface area contributed by atoms with E-state index in [4.69, 9.17) is 4.74 Å². The van der Waals surface area contributed by atoms with Crippen molar-refractivity contribution in [1.29, 1.82) is 0 Å². The Bertz CT molecular complexity index is 596. The zero-order valence-corrected chi connectivity index (χ0v) is 13.6. The molecule has 2 aliphatic rings. The van der Waals surface area contributed by atoms with Gasteiger partial charge in [0.25, 0.3) is 0 Å². The van der Waals surface area contributed by atoms with Crippen LogP contribution in [0.5, 0.6) is 0 Å². The van der Waals surface area contributed by atoms with Gasteiger partial charge in [-0.1, -0.05) is 13.8 Å². The Morgan fingerprint density at radius 2 is 2.10 bits per heavy atom. The minimum Gasteiger partial charge on any atom is -0.377 e. The van der Waals surface area contributed by atoms with E-state index in [1.807, 2.05) is 4.57 Å². The summed E-state index contributed by atoms with van der Waals surface area (Å²) in [5.41, 5.74) is 1.03. The first-order chi connectivity index (χ1) is 9.99. The molecule has 0 spiro atoms. The van der Waals surface area contributed by atoms with Crippen LogP contribution < -0.4 is 0 Å². The molecule has 1 aromatic heterocycles. The molecule has 3 rings (SSSR count). The van der Waals surface area contributed by atoms with Crippen LogP contribution in [0.3, 0.4) is 0 Å². The third kappa shape index (κ3) is 3.16. The normalized spacial score (nSPS) is 23.7. The van der Waals surface area contributed by atoms with Crippen LogP contribution in [0.2, 0.25) is 0 Å². The van der Waals surface area contributed by atoms with Gasteiger partial charge in [-0.3, -0.25) is 0 Å². The van der Waals surface area contributed by atoms with Crippen molar-refractivity contribution < 1.29 is 13.2 Å². The van der Waals surface area contributed by atoms with Crippen LogP contribution >= 0.6 is 0 Å². The van der Waals surface area contributed by atoms with Crippen LogP contribution in [-0.4, -0.2) is 36.4 Å². The Labute approximate surface area is 126 Å². The standard InChI is InChI=1S/C15H24N2O3S/c1-11(2)14-9-16-15(17(14)12-6-7-12)21(18,19)10-13-5-3-4-8-20-13/h9,11-13H,3-8,10H2,1-2H3/t13-/m1/s1. The van der Waals surface area contributed by atoms with Crippen LogP contribution in [0.4, 0.5) is 0 Å². The van der Waals surface area contributed by atoms with Crippen molar-refractivity contribution in [1.82, 2.24) is 9.55 Å². The van der Waals surface area contributed by atoms with E-state index in [2.05, 4.69) is 18.8 Å². The van der Waals surface area contributed by atoms with E-state index in [0.717, 1.165) is 37.8 Å². The largest absolute Gasteiger partial charge is 0.377 e. The number of hydrogen-bond acceptors (Lipinski definition) is 4. The van der Waals surface area contributed by atoms with Crippen molar-refractivity contribution in [3.63, 3.8) is 0 Å². The van der Waals surface area contributed by atoms with Gasteiger partial charge in [-0.05, 0) is 38.0 Å². The summed E-state index contributed by atoms with van der Waals surface area (Å²) < 4.78 is 33.0. The van der Waals surface area contributed by atoms with Gasteiger partial charge in [0.1, 0.15) is 0 Å². The molecule has 2 heterocycles. The SMILES string of the molecule is CC(C)c1cnc(S(=O)(=O)C[C@H]2CCCCO2)n1C1CC1. The van der Waals surface area contributed by atoms with E-state index in [9.17, 15) is 8.42 Å². The fraction of sp³-hybridized carbons (Fsp3) is 0.800. The predicted octanol–water partition coefficient (Wildman–Crippen LogP) is 2.68. The van der Waals surface area contributed by atoms with Crippen LogP contribution in [0.1, 0.15) is 63.6 Å². The summed E-state index contributed by atoms with van der Waals surface area (Å²) in [6.45, 7) is 4.83. The monoisotopic (exact) mass is 312 g/mol. The summed E-state index contributed by atoms with van der Waals surface area (Å²) in [5.74, 6) is 0.349. The maximum absolute atomic E-state index is 12.7. The first kappa shape index (κ1) is 15.0. The Morgan fingerprint density at radius 3 is 2.67 bits per heavy atom. The summed E-state index contributed by atoms with van der Waals surface area (Å²) in [6, 6.07) is 0.321. The third-order valence-corrected chi connectivity index (χ3v) is 5.92. The Kier molecular flexibility index (Phi) is 4.10. The van der Waals surface area contributed by atoms with Crippen LogP contribution in [0.25, 0.3) is 0 Å². The minimum absolute atomic E-state index is 0.0638. The van der Waals surface area contributed by atoms with E-state index < -0.39 is 9.84 Å².